The van der Waals surface area contributed by atoms with Crippen molar-refractivity contribution in [3.05, 3.63) is 65.8 Å². The van der Waals surface area contributed by atoms with Crippen LogP contribution in [0.4, 0.5) is 0 Å². The van der Waals surface area contributed by atoms with Crippen molar-refractivity contribution in [2.75, 3.05) is 0 Å². The van der Waals surface area contributed by atoms with Gasteiger partial charge < -0.3 is 10.2 Å². The van der Waals surface area contributed by atoms with E-state index in [1.807, 2.05) is 12.1 Å². The summed E-state index contributed by atoms with van der Waals surface area (Å²) in [6.07, 6.45) is 16.5. The third-order valence-corrected chi connectivity index (χ3v) is 14.7. The van der Waals surface area contributed by atoms with E-state index >= 15 is 0 Å². The summed E-state index contributed by atoms with van der Waals surface area (Å²) in [5.41, 5.74) is 4.79. The first-order chi connectivity index (χ1) is 20.1. The molecule has 4 nitrogen and oxygen atoms in total. The molecule has 0 saturated heterocycles. The van der Waals surface area contributed by atoms with Crippen molar-refractivity contribution in [1.82, 2.24) is 0 Å². The Bertz CT molecular complexity index is 1400. The van der Waals surface area contributed by atoms with Crippen LogP contribution in [0.1, 0.15) is 115 Å². The van der Waals surface area contributed by atoms with Crippen molar-refractivity contribution in [3.8, 4) is 0 Å². The van der Waals surface area contributed by atoms with E-state index in [0.717, 1.165) is 31.2 Å². The van der Waals surface area contributed by atoms with Gasteiger partial charge in [0.05, 0.1) is 5.56 Å². The minimum absolute atomic E-state index is 0.00330. The van der Waals surface area contributed by atoms with Crippen molar-refractivity contribution < 1.29 is 19.8 Å². The number of hydrogen-bond acceptors (Lipinski definition) is 2. The summed E-state index contributed by atoms with van der Waals surface area (Å²) < 4.78 is 0. The summed E-state index contributed by atoms with van der Waals surface area (Å²) in [7, 11) is 0. The van der Waals surface area contributed by atoms with Gasteiger partial charge in [-0.1, -0.05) is 71.1 Å². The van der Waals surface area contributed by atoms with E-state index in [-0.39, 0.29) is 27.1 Å². The summed E-state index contributed by atoms with van der Waals surface area (Å²) in [6.45, 7) is 19.4. The normalized spacial score (nSPS) is 43.1. The van der Waals surface area contributed by atoms with Gasteiger partial charge in [-0.05, 0) is 145 Å². The van der Waals surface area contributed by atoms with Gasteiger partial charge in [0, 0.05) is 6.08 Å². The van der Waals surface area contributed by atoms with Crippen molar-refractivity contribution >= 4 is 17.5 Å². The molecule has 0 bridgehead atoms. The zero-order valence-electron chi connectivity index (χ0n) is 27.2. The van der Waals surface area contributed by atoms with Gasteiger partial charge in [0.15, 0.2) is 0 Å². The number of rotatable bonds is 5. The quantitative estimate of drug-likeness (QED) is 0.267. The Kier molecular flexibility index (Phi) is 7.03. The predicted octanol–water partition coefficient (Wildman–Crippen LogP) is 9.68. The van der Waals surface area contributed by atoms with Gasteiger partial charge in [-0.15, -0.1) is 0 Å². The molecule has 3 unspecified atom stereocenters. The highest BCUT2D eigenvalue weighted by Crippen LogP contribution is 2.77. The molecule has 4 heteroatoms. The van der Waals surface area contributed by atoms with Crippen LogP contribution in [0.15, 0.2) is 54.6 Å². The molecule has 0 aromatic heterocycles. The molecule has 4 fully saturated rings. The Hall–Kier alpha value is -2.62. The largest absolute Gasteiger partial charge is 0.478 e. The lowest BCUT2D eigenvalue weighted by Crippen LogP contribution is -2.65. The number of benzene rings is 1. The van der Waals surface area contributed by atoms with Crippen molar-refractivity contribution in [2.45, 2.75) is 99.3 Å². The van der Waals surface area contributed by atoms with E-state index in [1.54, 1.807) is 12.1 Å². The third kappa shape index (κ3) is 4.21. The van der Waals surface area contributed by atoms with Crippen LogP contribution in [0.2, 0.25) is 0 Å². The molecule has 0 radical (unpaired) electrons. The molecular weight excluding hydrogens is 532 g/mol. The Labute approximate surface area is 258 Å². The summed E-state index contributed by atoms with van der Waals surface area (Å²) in [6, 6.07) is 7.51. The minimum atomic E-state index is -0.878. The number of aliphatic carboxylic acids is 1. The van der Waals surface area contributed by atoms with E-state index in [2.05, 4.69) is 60.3 Å². The van der Waals surface area contributed by atoms with Crippen LogP contribution in [0.25, 0.3) is 5.57 Å². The Morgan fingerprint density at radius 3 is 2.19 bits per heavy atom. The topological polar surface area (TPSA) is 74.6 Å². The SMILES string of the molecule is C=C(C)[C@@H]1CC[C@]2(/C=C/C(=O)O)CC[C@]3(C)[C@H](CCC4[C@@]5(C)CC=C(c6ccc(C(=O)O)cc6)C(C)(C)C5CC[C@]43C)C12. The summed E-state index contributed by atoms with van der Waals surface area (Å²) in [4.78, 5) is 23.2. The Balaban J connectivity index is 1.36. The van der Waals surface area contributed by atoms with Gasteiger partial charge >= 0.3 is 11.9 Å². The summed E-state index contributed by atoms with van der Waals surface area (Å²) >= 11 is 0. The van der Waals surface area contributed by atoms with Crippen LogP contribution >= 0.6 is 0 Å². The molecule has 5 aliphatic rings. The first-order valence-electron chi connectivity index (χ1n) is 16.7. The average Bonchev–Trinajstić information content (AvgIpc) is 3.32. The summed E-state index contributed by atoms with van der Waals surface area (Å²) in [5, 5.41) is 19.0. The first kappa shape index (κ1) is 30.4. The van der Waals surface area contributed by atoms with Crippen LogP contribution in [0.3, 0.4) is 0 Å². The lowest BCUT2D eigenvalue weighted by atomic mass is 9.32. The van der Waals surface area contributed by atoms with Gasteiger partial charge in [-0.25, -0.2) is 9.59 Å². The highest BCUT2D eigenvalue weighted by atomic mass is 16.4. The molecule has 0 aliphatic heterocycles. The Morgan fingerprint density at radius 1 is 0.860 bits per heavy atom. The number of aromatic carboxylic acids is 1. The number of hydrogen-bond donors (Lipinski definition) is 2. The first-order valence-corrected chi connectivity index (χ1v) is 16.7. The molecule has 2 N–H and O–H groups in total. The second kappa shape index (κ2) is 9.94. The smallest absolute Gasteiger partial charge is 0.335 e. The van der Waals surface area contributed by atoms with Crippen molar-refractivity contribution in [3.63, 3.8) is 0 Å². The molecular formula is C39H52O4. The lowest BCUT2D eigenvalue weighted by molar-refractivity contribution is -0.221. The maximum atomic E-state index is 11.7. The highest BCUT2D eigenvalue weighted by Gasteiger charge is 2.70. The standard InChI is InChI=1S/C39H52O4/c1-24(2)27-14-20-39(21-17-32(40)41)23-22-37(6)29(33(27)39)12-13-31-36(5)18-15-28(25-8-10-26(11-9-25)34(42)43)35(3,4)30(36)16-19-38(31,37)7/h8-11,15,17,21,27,29-31,33H,1,12-14,16,18-20,22-23H2,2-7H3,(H,40,41)(H,42,43)/b21-17+/t27-,29+,30?,31?,33?,36-,37+,38+,39-/m0/s1. The maximum absolute atomic E-state index is 11.7. The molecule has 232 valence electrons. The van der Waals surface area contributed by atoms with Gasteiger partial charge in [0.2, 0.25) is 0 Å². The second-order valence-electron chi connectivity index (χ2n) is 16.5. The average molecular weight is 585 g/mol. The molecule has 1 aromatic rings. The van der Waals surface area contributed by atoms with E-state index in [0.29, 0.717) is 35.2 Å². The molecule has 1 aromatic carbocycles. The van der Waals surface area contributed by atoms with E-state index in [1.165, 1.54) is 49.3 Å². The zero-order chi connectivity index (χ0) is 31.2. The van der Waals surface area contributed by atoms with Crippen LogP contribution in [0.5, 0.6) is 0 Å². The van der Waals surface area contributed by atoms with Crippen LogP contribution in [0, 0.1) is 56.7 Å². The molecule has 6 rings (SSSR count). The molecule has 0 amide bonds. The number of carboxylic acids is 2. The molecule has 5 aliphatic carbocycles. The monoisotopic (exact) mass is 584 g/mol. The zero-order valence-corrected chi connectivity index (χ0v) is 27.2. The van der Waals surface area contributed by atoms with E-state index < -0.39 is 11.9 Å². The van der Waals surface area contributed by atoms with Gasteiger partial charge in [0.25, 0.3) is 0 Å². The lowest BCUT2D eigenvalue weighted by Gasteiger charge is -2.72. The number of allylic oxidation sites excluding steroid dienone is 4. The van der Waals surface area contributed by atoms with Crippen molar-refractivity contribution in [2.24, 2.45) is 56.7 Å². The van der Waals surface area contributed by atoms with Gasteiger partial charge in [0.1, 0.15) is 0 Å². The number of carboxylic acid groups (broad SMARTS) is 2. The fourth-order valence-corrected chi connectivity index (χ4v) is 12.6. The minimum Gasteiger partial charge on any atom is -0.478 e. The van der Waals surface area contributed by atoms with Gasteiger partial charge in [-0.3, -0.25) is 0 Å². The molecule has 43 heavy (non-hydrogen) atoms. The molecule has 0 spiro atoms. The van der Waals surface area contributed by atoms with Crippen LogP contribution in [-0.4, -0.2) is 22.2 Å². The fraction of sp³-hybridized carbons (Fsp3) is 0.641. The fourth-order valence-electron chi connectivity index (χ4n) is 12.6. The Morgan fingerprint density at radius 2 is 1.56 bits per heavy atom. The van der Waals surface area contributed by atoms with E-state index in [4.69, 9.17) is 0 Å². The van der Waals surface area contributed by atoms with Gasteiger partial charge in [-0.2, -0.15) is 0 Å². The molecule has 0 heterocycles. The van der Waals surface area contributed by atoms with Crippen LogP contribution in [-0.2, 0) is 4.79 Å². The van der Waals surface area contributed by atoms with Crippen LogP contribution < -0.4 is 0 Å². The third-order valence-electron chi connectivity index (χ3n) is 14.7. The number of carbonyl (C=O) groups is 2. The highest BCUT2D eigenvalue weighted by molar-refractivity contribution is 5.88. The second-order valence-corrected chi connectivity index (χ2v) is 16.5. The van der Waals surface area contributed by atoms with Crippen molar-refractivity contribution in [1.29, 1.82) is 0 Å². The van der Waals surface area contributed by atoms with E-state index in [9.17, 15) is 19.8 Å². The molecule has 4 saturated carbocycles. The molecule has 9 atom stereocenters. The number of fused-ring (bicyclic) bond motifs is 7. The predicted molar refractivity (Wildman–Crippen MR) is 173 cm³/mol. The summed E-state index contributed by atoms with van der Waals surface area (Å²) in [5.74, 6) is 1.03. The maximum Gasteiger partial charge on any atom is 0.335 e.